The van der Waals surface area contributed by atoms with Crippen LogP contribution in [0, 0.1) is 0 Å². The molecule has 0 heterocycles. The van der Waals surface area contributed by atoms with Gasteiger partial charge < -0.3 is 10.2 Å². The lowest BCUT2D eigenvalue weighted by Gasteiger charge is -2.15. The van der Waals surface area contributed by atoms with Crippen LogP contribution in [0.1, 0.15) is 11.1 Å². The monoisotopic (exact) mass is 312 g/mol. The number of rotatable bonds is 6. The quantitative estimate of drug-likeness (QED) is 0.586. The number of hydrogen-bond acceptors (Lipinski definition) is 3. The maximum absolute atomic E-state index is 10.6. The van der Waals surface area contributed by atoms with Gasteiger partial charge in [0, 0.05) is 11.1 Å². The summed E-state index contributed by atoms with van der Waals surface area (Å²) in [6, 6.07) is 9.82. The summed E-state index contributed by atoms with van der Waals surface area (Å²) in [6.45, 7) is 7.45. The molecule has 0 aliphatic carbocycles. The molecule has 2 nitrogen and oxygen atoms in total. The minimum absolute atomic E-state index is 0.117. The molecule has 2 aromatic carbocycles. The predicted molar refractivity (Wildman–Crippen MR) is 94.8 cm³/mol. The molecule has 0 atom stereocenters. The van der Waals surface area contributed by atoms with E-state index in [-0.39, 0.29) is 11.5 Å². The third-order valence-electron chi connectivity index (χ3n) is 3.52. The molecule has 0 unspecified atom stereocenters. The lowest BCUT2D eigenvalue weighted by molar-refractivity contribution is 0.433. The van der Waals surface area contributed by atoms with E-state index in [2.05, 4.69) is 13.2 Å². The molecule has 3 heteroatoms. The van der Waals surface area contributed by atoms with Gasteiger partial charge in [0.05, 0.1) is 4.90 Å². The predicted octanol–water partition coefficient (Wildman–Crippen LogP) is 4.94. The summed E-state index contributed by atoms with van der Waals surface area (Å²) in [6.07, 6.45) is 6.64. The van der Waals surface area contributed by atoms with E-state index >= 15 is 0 Å². The Morgan fingerprint density at radius 2 is 1.77 bits per heavy atom. The number of phenols is 2. The van der Waals surface area contributed by atoms with Crippen LogP contribution in [-0.4, -0.2) is 16.5 Å². The molecular formula is C19H20O2S. The molecule has 0 spiro atoms. The number of benzene rings is 2. The summed E-state index contributed by atoms with van der Waals surface area (Å²) in [5.74, 6) is 0.252. The zero-order chi connectivity index (χ0) is 16.1. The SMILES string of the molecule is C=CCc1cccc(-c2cc(SC)c(O)c(CC=C)c2O)c1. The second-order valence-corrected chi connectivity index (χ2v) is 5.84. The molecule has 0 saturated carbocycles. The summed E-state index contributed by atoms with van der Waals surface area (Å²) in [5, 5.41) is 20.8. The van der Waals surface area contributed by atoms with E-state index < -0.39 is 0 Å². The summed E-state index contributed by atoms with van der Waals surface area (Å²) in [5.41, 5.74) is 3.31. The van der Waals surface area contributed by atoms with Crippen molar-refractivity contribution in [2.24, 2.45) is 0 Å². The number of aromatic hydroxyl groups is 2. The molecule has 0 aromatic heterocycles. The number of hydrogen-bond donors (Lipinski definition) is 2. The fourth-order valence-corrected chi connectivity index (χ4v) is 2.99. The number of thioether (sulfide) groups is 1. The van der Waals surface area contributed by atoms with E-state index in [9.17, 15) is 10.2 Å². The molecule has 0 radical (unpaired) electrons. The van der Waals surface area contributed by atoms with Crippen LogP contribution in [0.15, 0.2) is 60.5 Å². The molecule has 0 bridgehead atoms. The number of phenolic OH excluding ortho intramolecular Hbond substituents is 2. The van der Waals surface area contributed by atoms with E-state index in [0.717, 1.165) is 28.0 Å². The van der Waals surface area contributed by atoms with Crippen molar-refractivity contribution in [1.82, 2.24) is 0 Å². The average Bonchev–Trinajstić information content (AvgIpc) is 2.52. The lowest BCUT2D eigenvalue weighted by Crippen LogP contribution is -1.91. The van der Waals surface area contributed by atoms with Gasteiger partial charge in [-0.3, -0.25) is 0 Å². The molecule has 114 valence electrons. The van der Waals surface area contributed by atoms with Gasteiger partial charge in [-0.1, -0.05) is 36.4 Å². The third kappa shape index (κ3) is 3.20. The number of allylic oxidation sites excluding steroid dienone is 2. The first kappa shape index (κ1) is 16.2. The Kier molecular flexibility index (Phi) is 5.34. The molecule has 2 N–H and O–H groups in total. The van der Waals surface area contributed by atoms with Gasteiger partial charge in [0.25, 0.3) is 0 Å². The van der Waals surface area contributed by atoms with Crippen molar-refractivity contribution in [2.45, 2.75) is 17.7 Å². The topological polar surface area (TPSA) is 40.5 Å². The maximum atomic E-state index is 10.6. The van der Waals surface area contributed by atoms with Crippen LogP contribution in [0.5, 0.6) is 11.5 Å². The third-order valence-corrected chi connectivity index (χ3v) is 4.27. The normalized spacial score (nSPS) is 10.4. The highest BCUT2D eigenvalue weighted by Gasteiger charge is 2.17. The first-order chi connectivity index (χ1) is 10.6. The largest absolute Gasteiger partial charge is 0.507 e. The van der Waals surface area contributed by atoms with Crippen LogP contribution >= 0.6 is 11.8 Å². The van der Waals surface area contributed by atoms with Gasteiger partial charge in [0.1, 0.15) is 11.5 Å². The van der Waals surface area contributed by atoms with E-state index in [1.807, 2.05) is 42.7 Å². The molecule has 22 heavy (non-hydrogen) atoms. The van der Waals surface area contributed by atoms with E-state index in [4.69, 9.17) is 0 Å². The Labute approximate surface area is 135 Å². The molecule has 0 aliphatic rings. The van der Waals surface area contributed by atoms with E-state index in [1.54, 1.807) is 6.08 Å². The van der Waals surface area contributed by atoms with Crippen molar-refractivity contribution in [2.75, 3.05) is 6.26 Å². The van der Waals surface area contributed by atoms with Gasteiger partial charge in [-0.05, 0) is 36.3 Å². The van der Waals surface area contributed by atoms with E-state index in [0.29, 0.717) is 12.0 Å². The van der Waals surface area contributed by atoms with Gasteiger partial charge in [-0.25, -0.2) is 0 Å². The van der Waals surface area contributed by atoms with Crippen molar-refractivity contribution in [1.29, 1.82) is 0 Å². The molecule has 0 saturated heterocycles. The first-order valence-electron chi connectivity index (χ1n) is 7.05. The van der Waals surface area contributed by atoms with E-state index in [1.165, 1.54) is 11.8 Å². The Balaban J connectivity index is 2.63. The molecular weight excluding hydrogens is 292 g/mol. The van der Waals surface area contributed by atoms with Crippen molar-refractivity contribution in [3.05, 3.63) is 66.8 Å². The van der Waals surface area contributed by atoms with Crippen molar-refractivity contribution in [3.63, 3.8) is 0 Å². The van der Waals surface area contributed by atoms with Crippen LogP contribution in [0.4, 0.5) is 0 Å². The van der Waals surface area contributed by atoms with Crippen molar-refractivity contribution in [3.8, 4) is 22.6 Å². The minimum atomic E-state index is 0.117. The smallest absolute Gasteiger partial charge is 0.136 e. The second-order valence-electron chi connectivity index (χ2n) is 4.99. The summed E-state index contributed by atoms with van der Waals surface area (Å²) >= 11 is 1.46. The average molecular weight is 312 g/mol. The van der Waals surface area contributed by atoms with Gasteiger partial charge in [0.2, 0.25) is 0 Å². The van der Waals surface area contributed by atoms with Gasteiger partial charge in [0.15, 0.2) is 0 Å². The van der Waals surface area contributed by atoms with Crippen LogP contribution < -0.4 is 0 Å². The molecule has 0 amide bonds. The Bertz CT molecular complexity index is 705. The van der Waals surface area contributed by atoms with Crippen LogP contribution in [0.25, 0.3) is 11.1 Å². The Hall–Kier alpha value is -2.13. The highest BCUT2D eigenvalue weighted by molar-refractivity contribution is 7.98. The van der Waals surface area contributed by atoms with Crippen LogP contribution in [-0.2, 0) is 12.8 Å². The molecule has 0 aliphatic heterocycles. The van der Waals surface area contributed by atoms with Crippen LogP contribution in [0.2, 0.25) is 0 Å². The maximum Gasteiger partial charge on any atom is 0.136 e. The standard InChI is InChI=1S/C19H20O2S/c1-4-7-13-9-6-10-14(11-13)16-12-17(22-3)19(21)15(8-5-2)18(16)20/h4-6,9-12,20-21H,1-2,7-8H2,3H3. The van der Waals surface area contributed by atoms with Gasteiger partial charge >= 0.3 is 0 Å². The minimum Gasteiger partial charge on any atom is -0.507 e. The highest BCUT2D eigenvalue weighted by Crippen LogP contribution is 2.43. The summed E-state index contributed by atoms with van der Waals surface area (Å²) < 4.78 is 0. The van der Waals surface area contributed by atoms with Gasteiger partial charge in [-0.15, -0.1) is 24.9 Å². The Morgan fingerprint density at radius 3 is 2.41 bits per heavy atom. The molecule has 0 fully saturated rings. The van der Waals surface area contributed by atoms with Crippen molar-refractivity contribution >= 4 is 11.8 Å². The summed E-state index contributed by atoms with van der Waals surface area (Å²) in [7, 11) is 0. The Morgan fingerprint density at radius 1 is 1.05 bits per heavy atom. The zero-order valence-corrected chi connectivity index (χ0v) is 13.5. The zero-order valence-electron chi connectivity index (χ0n) is 12.7. The fourth-order valence-electron chi connectivity index (χ4n) is 2.44. The molecule has 2 aromatic rings. The molecule has 2 rings (SSSR count). The van der Waals surface area contributed by atoms with Gasteiger partial charge in [-0.2, -0.15) is 0 Å². The van der Waals surface area contributed by atoms with Crippen molar-refractivity contribution < 1.29 is 10.2 Å². The highest BCUT2D eigenvalue weighted by atomic mass is 32.2. The lowest BCUT2D eigenvalue weighted by atomic mass is 9.97. The van der Waals surface area contributed by atoms with Crippen LogP contribution in [0.3, 0.4) is 0 Å². The fraction of sp³-hybridized carbons (Fsp3) is 0.158. The second kappa shape index (κ2) is 7.23. The first-order valence-corrected chi connectivity index (χ1v) is 8.27. The summed E-state index contributed by atoms with van der Waals surface area (Å²) in [4.78, 5) is 0.749.